The van der Waals surface area contributed by atoms with Gasteiger partial charge in [0.1, 0.15) is 0 Å². The number of nitrogens with zero attached hydrogens (tertiary/aromatic N) is 2. The molecule has 3 aromatic rings. The Morgan fingerprint density at radius 2 is 1.61 bits per heavy atom. The maximum Gasteiger partial charge on any atom is 0.224 e. The number of carbonyl (C=O) groups excluding carboxylic acids is 2. The number of hydrogen-bond acceptors (Lipinski definition) is 3. The highest BCUT2D eigenvalue weighted by Gasteiger charge is 2.35. The Morgan fingerprint density at radius 1 is 0.968 bits per heavy atom. The molecule has 0 aromatic heterocycles. The van der Waals surface area contributed by atoms with Crippen molar-refractivity contribution in [3.63, 3.8) is 0 Å². The number of Topliss-reactive ketones (excluding diaryl/α,β-unsaturated/α-hetero) is 1. The van der Waals surface area contributed by atoms with E-state index in [2.05, 4.69) is 17.9 Å². The van der Waals surface area contributed by atoms with E-state index in [1.807, 2.05) is 53.4 Å². The summed E-state index contributed by atoms with van der Waals surface area (Å²) >= 11 is 5.97. The maximum absolute atomic E-state index is 13.0. The second-order valence-electron chi connectivity index (χ2n) is 7.94. The predicted octanol–water partition coefficient (Wildman–Crippen LogP) is 5.92. The number of amides is 1. The Balaban J connectivity index is 1.68. The fourth-order valence-electron chi connectivity index (χ4n) is 4.38. The SMILES string of the molecule is CC(=O)N(c1ccccc1)[C@@H]1C[C@H](C)N(CC(=O)c2ccc(Cl)cc2)c2ccccc21. The minimum atomic E-state index is -0.0898. The maximum atomic E-state index is 13.0. The summed E-state index contributed by atoms with van der Waals surface area (Å²) in [5.74, 6) is 0.0483. The minimum Gasteiger partial charge on any atom is -0.361 e. The van der Waals surface area contributed by atoms with Gasteiger partial charge in [0, 0.05) is 34.9 Å². The third kappa shape index (κ3) is 4.35. The first-order chi connectivity index (χ1) is 15.0. The van der Waals surface area contributed by atoms with Crippen molar-refractivity contribution < 1.29 is 9.59 Å². The number of benzene rings is 3. The van der Waals surface area contributed by atoms with Gasteiger partial charge in [0.25, 0.3) is 0 Å². The third-order valence-corrected chi connectivity index (χ3v) is 6.12. The molecule has 1 aliphatic heterocycles. The summed E-state index contributed by atoms with van der Waals surface area (Å²) < 4.78 is 0. The van der Waals surface area contributed by atoms with E-state index in [4.69, 9.17) is 11.6 Å². The summed E-state index contributed by atoms with van der Waals surface area (Å²) in [5, 5.41) is 0.612. The van der Waals surface area contributed by atoms with Gasteiger partial charge < -0.3 is 9.80 Å². The van der Waals surface area contributed by atoms with E-state index in [-0.39, 0.29) is 30.3 Å². The molecule has 4 rings (SSSR count). The first-order valence-electron chi connectivity index (χ1n) is 10.4. The number of fused-ring (bicyclic) bond motifs is 1. The molecule has 1 amide bonds. The number of para-hydroxylation sites is 2. The Labute approximate surface area is 188 Å². The number of hydrogen-bond donors (Lipinski definition) is 0. The van der Waals surface area contributed by atoms with Crippen LogP contribution >= 0.6 is 11.6 Å². The highest BCUT2D eigenvalue weighted by Crippen LogP contribution is 2.42. The van der Waals surface area contributed by atoms with Crippen LogP contribution in [0.3, 0.4) is 0 Å². The molecule has 0 saturated carbocycles. The summed E-state index contributed by atoms with van der Waals surface area (Å²) in [4.78, 5) is 29.7. The van der Waals surface area contributed by atoms with Gasteiger partial charge in [0.05, 0.1) is 12.6 Å². The van der Waals surface area contributed by atoms with E-state index in [0.717, 1.165) is 23.4 Å². The Kier molecular flexibility index (Phi) is 6.10. The zero-order valence-electron chi connectivity index (χ0n) is 17.7. The molecule has 4 nitrogen and oxygen atoms in total. The summed E-state index contributed by atoms with van der Waals surface area (Å²) in [7, 11) is 0. The zero-order chi connectivity index (χ0) is 22.0. The van der Waals surface area contributed by atoms with E-state index >= 15 is 0 Å². The molecular formula is C26H25ClN2O2. The molecule has 1 heterocycles. The fourth-order valence-corrected chi connectivity index (χ4v) is 4.51. The number of carbonyl (C=O) groups is 2. The summed E-state index contributed by atoms with van der Waals surface area (Å²) in [6, 6.07) is 24.8. The van der Waals surface area contributed by atoms with Crippen molar-refractivity contribution >= 4 is 34.7 Å². The molecule has 0 bridgehead atoms. The largest absolute Gasteiger partial charge is 0.361 e. The Morgan fingerprint density at radius 3 is 2.29 bits per heavy atom. The van der Waals surface area contributed by atoms with Crippen molar-refractivity contribution in [1.82, 2.24) is 0 Å². The number of halogens is 1. The molecule has 0 fully saturated rings. The molecule has 0 N–H and O–H groups in total. The monoisotopic (exact) mass is 432 g/mol. The predicted molar refractivity (Wildman–Crippen MR) is 126 cm³/mol. The average Bonchev–Trinajstić information content (AvgIpc) is 2.77. The summed E-state index contributed by atoms with van der Waals surface area (Å²) in [6.45, 7) is 4.00. The second-order valence-corrected chi connectivity index (χ2v) is 8.38. The van der Waals surface area contributed by atoms with Crippen LogP contribution in [0.25, 0.3) is 0 Å². The molecule has 2 atom stereocenters. The molecule has 0 saturated heterocycles. The van der Waals surface area contributed by atoms with Crippen molar-refractivity contribution in [2.24, 2.45) is 0 Å². The van der Waals surface area contributed by atoms with Crippen LogP contribution in [-0.2, 0) is 4.79 Å². The standard InChI is InChI=1S/C26H25ClN2O2/c1-18-16-25(29(19(2)30)22-8-4-3-5-9-22)23-10-6-7-11-24(23)28(18)17-26(31)20-12-14-21(27)15-13-20/h3-15,18,25H,16-17H2,1-2H3/t18-,25+/m0/s1. The van der Waals surface area contributed by atoms with Crippen LogP contribution in [0.5, 0.6) is 0 Å². The molecular weight excluding hydrogens is 408 g/mol. The second kappa shape index (κ2) is 8.94. The van der Waals surface area contributed by atoms with E-state index in [1.165, 1.54) is 0 Å². The lowest BCUT2D eigenvalue weighted by Gasteiger charge is -2.44. The van der Waals surface area contributed by atoms with Crippen LogP contribution in [-0.4, -0.2) is 24.3 Å². The van der Waals surface area contributed by atoms with Crippen LogP contribution in [0, 0.1) is 0 Å². The van der Waals surface area contributed by atoms with Crippen molar-refractivity contribution in [1.29, 1.82) is 0 Å². The summed E-state index contributed by atoms with van der Waals surface area (Å²) in [5.41, 5.74) is 3.58. The average molecular weight is 433 g/mol. The van der Waals surface area contributed by atoms with Crippen molar-refractivity contribution in [3.05, 3.63) is 95.0 Å². The lowest BCUT2D eigenvalue weighted by molar-refractivity contribution is -0.117. The van der Waals surface area contributed by atoms with Crippen LogP contribution in [0.1, 0.15) is 42.2 Å². The summed E-state index contributed by atoms with van der Waals surface area (Å²) in [6.07, 6.45) is 0.736. The van der Waals surface area contributed by atoms with Crippen LogP contribution < -0.4 is 9.80 Å². The molecule has 0 spiro atoms. The fraction of sp³-hybridized carbons (Fsp3) is 0.231. The normalized spacial score (nSPS) is 17.7. The molecule has 5 heteroatoms. The Hall–Kier alpha value is -3.11. The van der Waals surface area contributed by atoms with E-state index in [9.17, 15) is 9.59 Å². The lowest BCUT2D eigenvalue weighted by atomic mass is 9.89. The van der Waals surface area contributed by atoms with Gasteiger partial charge in [-0.05, 0) is 61.4 Å². The zero-order valence-corrected chi connectivity index (χ0v) is 18.4. The lowest BCUT2D eigenvalue weighted by Crippen LogP contribution is -2.46. The van der Waals surface area contributed by atoms with E-state index in [1.54, 1.807) is 31.2 Å². The third-order valence-electron chi connectivity index (χ3n) is 5.87. The van der Waals surface area contributed by atoms with Crippen molar-refractivity contribution in [2.45, 2.75) is 32.4 Å². The first kappa shape index (κ1) is 21.1. The van der Waals surface area contributed by atoms with Gasteiger partial charge in [-0.1, -0.05) is 48.0 Å². The highest BCUT2D eigenvalue weighted by molar-refractivity contribution is 6.30. The minimum absolute atomic E-state index is 0.00361. The van der Waals surface area contributed by atoms with Gasteiger partial charge in [-0.2, -0.15) is 0 Å². The van der Waals surface area contributed by atoms with Gasteiger partial charge in [0.2, 0.25) is 5.91 Å². The molecule has 1 aliphatic rings. The molecule has 0 unspecified atom stereocenters. The number of rotatable bonds is 5. The quantitative estimate of drug-likeness (QED) is 0.470. The molecule has 0 aliphatic carbocycles. The highest BCUT2D eigenvalue weighted by atomic mass is 35.5. The van der Waals surface area contributed by atoms with E-state index < -0.39 is 0 Å². The molecule has 0 radical (unpaired) electrons. The van der Waals surface area contributed by atoms with Gasteiger partial charge in [-0.3, -0.25) is 9.59 Å². The molecule has 31 heavy (non-hydrogen) atoms. The van der Waals surface area contributed by atoms with Crippen molar-refractivity contribution in [2.75, 3.05) is 16.3 Å². The van der Waals surface area contributed by atoms with Gasteiger partial charge in [0.15, 0.2) is 5.78 Å². The van der Waals surface area contributed by atoms with Crippen molar-refractivity contribution in [3.8, 4) is 0 Å². The van der Waals surface area contributed by atoms with Crippen LogP contribution in [0.2, 0.25) is 5.02 Å². The van der Waals surface area contributed by atoms with Gasteiger partial charge >= 0.3 is 0 Å². The smallest absolute Gasteiger partial charge is 0.224 e. The van der Waals surface area contributed by atoms with Gasteiger partial charge in [-0.15, -0.1) is 0 Å². The first-order valence-corrected chi connectivity index (χ1v) is 10.8. The van der Waals surface area contributed by atoms with Crippen LogP contribution in [0.4, 0.5) is 11.4 Å². The van der Waals surface area contributed by atoms with Gasteiger partial charge in [-0.25, -0.2) is 0 Å². The molecule has 3 aromatic carbocycles. The topological polar surface area (TPSA) is 40.6 Å². The number of ketones is 1. The van der Waals surface area contributed by atoms with E-state index in [0.29, 0.717) is 10.6 Å². The Bertz CT molecular complexity index is 1080. The molecule has 158 valence electrons. The van der Waals surface area contributed by atoms with Crippen LogP contribution in [0.15, 0.2) is 78.9 Å². The number of anilines is 2.